The van der Waals surface area contributed by atoms with Crippen LogP contribution >= 0.6 is 0 Å². The molecular weight excluding hydrogens is 426 g/mol. The molecule has 2 N–H and O–H groups in total. The highest BCUT2D eigenvalue weighted by molar-refractivity contribution is 7.92. The van der Waals surface area contributed by atoms with Gasteiger partial charge in [0.2, 0.25) is 0 Å². The van der Waals surface area contributed by atoms with Crippen LogP contribution in [0.15, 0.2) is 102 Å². The van der Waals surface area contributed by atoms with E-state index in [0.29, 0.717) is 17.1 Å². The fraction of sp³-hybridized carbons (Fsp3) is 0.0435. The number of carbonyl (C=O) groups excluding carboxylic acids is 1. The van der Waals surface area contributed by atoms with Gasteiger partial charge >= 0.3 is 6.03 Å². The molecule has 0 bridgehead atoms. The molecule has 0 spiro atoms. The molecule has 3 aromatic carbocycles. The second kappa shape index (κ2) is 8.94. The first-order valence-electron chi connectivity index (χ1n) is 9.76. The molecule has 162 valence electrons. The first kappa shape index (κ1) is 21.1. The van der Waals surface area contributed by atoms with Crippen molar-refractivity contribution in [3.8, 4) is 5.69 Å². The van der Waals surface area contributed by atoms with Gasteiger partial charge in [-0.15, -0.1) is 0 Å². The Bertz CT molecular complexity index is 1300. The van der Waals surface area contributed by atoms with E-state index in [4.69, 9.17) is 0 Å². The topological polar surface area (TPSA) is 96.3 Å². The molecule has 2 amide bonds. The smallest absolute Gasteiger partial charge is 0.308 e. The standard InChI is InChI=1S/C23H21N5O3S/c1-27(32(30,31)22-16-24-28(17-22)21-10-6-3-7-11-21)20-14-12-19(13-15-20)26-23(29)25-18-8-4-2-5-9-18/h2-17H,1H3,(H2,25,26,29). The van der Waals surface area contributed by atoms with Crippen molar-refractivity contribution in [2.24, 2.45) is 0 Å². The van der Waals surface area contributed by atoms with Crippen LogP contribution in [0.1, 0.15) is 0 Å². The average Bonchev–Trinajstić information content (AvgIpc) is 3.32. The zero-order chi connectivity index (χ0) is 22.6. The zero-order valence-corrected chi connectivity index (χ0v) is 18.0. The number of anilines is 3. The van der Waals surface area contributed by atoms with E-state index in [1.54, 1.807) is 36.4 Å². The van der Waals surface area contributed by atoms with Gasteiger partial charge in [0.1, 0.15) is 4.90 Å². The number of para-hydroxylation sites is 2. The first-order chi connectivity index (χ1) is 15.4. The molecule has 32 heavy (non-hydrogen) atoms. The number of aromatic nitrogens is 2. The normalized spacial score (nSPS) is 11.0. The number of carbonyl (C=O) groups is 1. The molecule has 9 heteroatoms. The predicted octanol–water partition coefficient (Wildman–Crippen LogP) is 4.34. The highest BCUT2D eigenvalue weighted by Gasteiger charge is 2.23. The zero-order valence-electron chi connectivity index (χ0n) is 17.2. The molecule has 1 heterocycles. The van der Waals surface area contributed by atoms with Gasteiger partial charge in [-0.3, -0.25) is 4.31 Å². The molecule has 0 saturated heterocycles. The van der Waals surface area contributed by atoms with E-state index in [2.05, 4.69) is 15.7 Å². The van der Waals surface area contributed by atoms with Crippen molar-refractivity contribution in [1.29, 1.82) is 0 Å². The fourth-order valence-corrected chi connectivity index (χ4v) is 4.16. The Labute approximate surface area is 186 Å². The van der Waals surface area contributed by atoms with Crippen molar-refractivity contribution in [2.45, 2.75) is 4.90 Å². The number of hydrogen-bond donors (Lipinski definition) is 2. The van der Waals surface area contributed by atoms with E-state index in [0.717, 1.165) is 5.69 Å². The van der Waals surface area contributed by atoms with Crippen LogP contribution in [0.4, 0.5) is 21.9 Å². The van der Waals surface area contributed by atoms with Crippen molar-refractivity contribution in [3.63, 3.8) is 0 Å². The third kappa shape index (κ3) is 4.62. The molecular formula is C23H21N5O3S. The van der Waals surface area contributed by atoms with Crippen LogP contribution < -0.4 is 14.9 Å². The lowest BCUT2D eigenvalue weighted by Gasteiger charge is -2.19. The molecule has 0 atom stereocenters. The van der Waals surface area contributed by atoms with E-state index < -0.39 is 16.1 Å². The van der Waals surface area contributed by atoms with Crippen LogP contribution in [0, 0.1) is 0 Å². The fourth-order valence-electron chi connectivity index (χ4n) is 3.03. The van der Waals surface area contributed by atoms with Crippen LogP contribution in [0.3, 0.4) is 0 Å². The number of urea groups is 1. The summed E-state index contributed by atoms with van der Waals surface area (Å²) in [5.74, 6) is 0. The number of sulfonamides is 1. The van der Waals surface area contributed by atoms with E-state index in [9.17, 15) is 13.2 Å². The third-order valence-corrected chi connectivity index (χ3v) is 6.50. The number of rotatable bonds is 6. The Morgan fingerprint density at radius 2 is 1.41 bits per heavy atom. The van der Waals surface area contributed by atoms with Gasteiger partial charge in [-0.1, -0.05) is 36.4 Å². The summed E-state index contributed by atoms with van der Waals surface area (Å²) in [7, 11) is -2.33. The summed E-state index contributed by atoms with van der Waals surface area (Å²) in [6, 6.07) is 24.5. The van der Waals surface area contributed by atoms with Gasteiger partial charge < -0.3 is 10.6 Å². The summed E-state index contributed by atoms with van der Waals surface area (Å²) in [4.78, 5) is 12.2. The highest BCUT2D eigenvalue weighted by Crippen LogP contribution is 2.24. The highest BCUT2D eigenvalue weighted by atomic mass is 32.2. The van der Waals surface area contributed by atoms with Gasteiger partial charge in [0.05, 0.1) is 23.8 Å². The summed E-state index contributed by atoms with van der Waals surface area (Å²) in [5, 5.41) is 9.61. The SMILES string of the molecule is CN(c1ccc(NC(=O)Nc2ccccc2)cc1)S(=O)(=O)c1cnn(-c2ccccc2)c1. The van der Waals surface area contributed by atoms with Crippen molar-refractivity contribution >= 4 is 33.1 Å². The van der Waals surface area contributed by atoms with Crippen molar-refractivity contribution < 1.29 is 13.2 Å². The van der Waals surface area contributed by atoms with Crippen molar-refractivity contribution in [2.75, 3.05) is 22.0 Å². The summed E-state index contributed by atoms with van der Waals surface area (Å²) in [6.45, 7) is 0. The maximum absolute atomic E-state index is 13.0. The molecule has 0 aliphatic rings. The molecule has 0 fully saturated rings. The molecule has 8 nitrogen and oxygen atoms in total. The summed E-state index contributed by atoms with van der Waals surface area (Å²) in [5.41, 5.74) is 2.42. The quantitative estimate of drug-likeness (QED) is 0.460. The average molecular weight is 448 g/mol. The molecule has 4 aromatic rings. The Morgan fingerprint density at radius 3 is 2.03 bits per heavy atom. The predicted molar refractivity (Wildman–Crippen MR) is 125 cm³/mol. The van der Waals surface area contributed by atoms with E-state index in [1.807, 2.05) is 48.5 Å². The molecule has 4 rings (SSSR count). The Kier molecular flexibility index (Phi) is 5.91. The molecule has 0 saturated carbocycles. The van der Waals surface area contributed by atoms with Gasteiger partial charge in [-0.05, 0) is 48.5 Å². The number of hydrogen-bond acceptors (Lipinski definition) is 4. The second-order valence-corrected chi connectivity index (χ2v) is 8.89. The lowest BCUT2D eigenvalue weighted by atomic mass is 10.3. The van der Waals surface area contributed by atoms with Crippen molar-refractivity contribution in [3.05, 3.63) is 97.3 Å². The largest absolute Gasteiger partial charge is 0.323 e. The van der Waals surface area contributed by atoms with Crippen LogP contribution in [0.25, 0.3) is 5.69 Å². The van der Waals surface area contributed by atoms with Crippen LogP contribution in [0.2, 0.25) is 0 Å². The molecule has 0 radical (unpaired) electrons. The minimum Gasteiger partial charge on any atom is -0.308 e. The Balaban J connectivity index is 1.45. The minimum absolute atomic E-state index is 0.0771. The molecule has 1 aromatic heterocycles. The Hall–Kier alpha value is -4.11. The monoisotopic (exact) mass is 447 g/mol. The van der Waals surface area contributed by atoms with Crippen LogP contribution in [-0.2, 0) is 10.0 Å². The summed E-state index contributed by atoms with van der Waals surface area (Å²) in [6.07, 6.45) is 2.80. The number of nitrogens with one attached hydrogen (secondary N) is 2. The number of amides is 2. The molecule has 0 unspecified atom stereocenters. The second-order valence-electron chi connectivity index (χ2n) is 6.92. The van der Waals surface area contributed by atoms with Gasteiger partial charge in [-0.25, -0.2) is 17.9 Å². The van der Waals surface area contributed by atoms with E-state index in [1.165, 1.54) is 28.4 Å². The maximum atomic E-state index is 13.0. The molecule has 0 aliphatic heterocycles. The third-order valence-electron chi connectivity index (χ3n) is 4.76. The van der Waals surface area contributed by atoms with Gasteiger partial charge in [0, 0.05) is 18.4 Å². The van der Waals surface area contributed by atoms with E-state index >= 15 is 0 Å². The maximum Gasteiger partial charge on any atom is 0.323 e. The van der Waals surface area contributed by atoms with E-state index in [-0.39, 0.29) is 4.90 Å². The number of benzene rings is 3. The summed E-state index contributed by atoms with van der Waals surface area (Å²) < 4.78 is 28.8. The number of nitrogens with zero attached hydrogens (tertiary/aromatic N) is 3. The van der Waals surface area contributed by atoms with Crippen LogP contribution in [-0.4, -0.2) is 31.3 Å². The van der Waals surface area contributed by atoms with Gasteiger partial charge in [-0.2, -0.15) is 5.10 Å². The lowest BCUT2D eigenvalue weighted by molar-refractivity contribution is 0.262. The summed E-state index contributed by atoms with van der Waals surface area (Å²) >= 11 is 0. The first-order valence-corrected chi connectivity index (χ1v) is 11.2. The van der Waals surface area contributed by atoms with Gasteiger partial charge in [0.15, 0.2) is 0 Å². The lowest BCUT2D eigenvalue weighted by Crippen LogP contribution is -2.26. The van der Waals surface area contributed by atoms with Crippen LogP contribution in [0.5, 0.6) is 0 Å². The van der Waals surface area contributed by atoms with Gasteiger partial charge in [0.25, 0.3) is 10.0 Å². The van der Waals surface area contributed by atoms with Crippen molar-refractivity contribution in [1.82, 2.24) is 9.78 Å². The minimum atomic E-state index is -3.81. The molecule has 0 aliphatic carbocycles. The Morgan fingerprint density at radius 1 is 0.844 bits per heavy atom.